The first-order chi connectivity index (χ1) is 9.08. The predicted molar refractivity (Wildman–Crippen MR) is 98.8 cm³/mol. The quantitative estimate of drug-likeness (QED) is 0.301. The SMILES string of the molecule is CC(C)CN=C(N)NCCCCN1CCCC(C)C1.I. The molecule has 0 aromatic rings. The fourth-order valence-electron chi connectivity index (χ4n) is 2.50. The van der Waals surface area contributed by atoms with Crippen LogP contribution >= 0.6 is 24.0 Å². The van der Waals surface area contributed by atoms with E-state index in [1.54, 1.807) is 0 Å². The maximum Gasteiger partial charge on any atom is 0.188 e. The lowest BCUT2D eigenvalue weighted by Gasteiger charge is -2.30. The Bertz CT molecular complexity index is 269. The van der Waals surface area contributed by atoms with Gasteiger partial charge in [-0.1, -0.05) is 20.8 Å². The van der Waals surface area contributed by atoms with Crippen LogP contribution in [0.25, 0.3) is 0 Å². The molecule has 0 spiro atoms. The van der Waals surface area contributed by atoms with Gasteiger partial charge < -0.3 is 16.0 Å². The summed E-state index contributed by atoms with van der Waals surface area (Å²) >= 11 is 0. The molecular formula is C15H33IN4. The third-order valence-electron chi connectivity index (χ3n) is 3.58. The third kappa shape index (κ3) is 9.80. The van der Waals surface area contributed by atoms with Crippen LogP contribution in [0.1, 0.15) is 46.5 Å². The van der Waals surface area contributed by atoms with Crippen molar-refractivity contribution in [1.82, 2.24) is 10.2 Å². The summed E-state index contributed by atoms with van der Waals surface area (Å²) in [5, 5.41) is 3.19. The fourth-order valence-corrected chi connectivity index (χ4v) is 2.50. The minimum Gasteiger partial charge on any atom is -0.370 e. The predicted octanol–water partition coefficient (Wildman–Crippen LogP) is 2.68. The minimum absolute atomic E-state index is 0. The molecule has 0 aromatic carbocycles. The summed E-state index contributed by atoms with van der Waals surface area (Å²) in [6.45, 7) is 12.2. The normalized spacial score (nSPS) is 20.8. The number of nitrogens with one attached hydrogen (secondary N) is 1. The molecule has 0 bridgehead atoms. The standard InChI is InChI=1S/C15H32N4.HI/c1-13(2)11-18-15(16)17-8-4-5-9-19-10-6-7-14(3)12-19;/h13-14H,4-12H2,1-3H3,(H3,16,17,18);1H. The molecule has 0 aromatic heterocycles. The van der Waals surface area contributed by atoms with E-state index in [4.69, 9.17) is 5.73 Å². The number of guanidine groups is 1. The van der Waals surface area contributed by atoms with Crippen molar-refractivity contribution in [3.8, 4) is 0 Å². The van der Waals surface area contributed by atoms with Crippen molar-refractivity contribution in [2.24, 2.45) is 22.6 Å². The second-order valence-corrected chi connectivity index (χ2v) is 6.30. The van der Waals surface area contributed by atoms with E-state index in [-0.39, 0.29) is 24.0 Å². The van der Waals surface area contributed by atoms with Crippen LogP contribution in [0.3, 0.4) is 0 Å². The van der Waals surface area contributed by atoms with Crippen LogP contribution in [0.5, 0.6) is 0 Å². The zero-order valence-electron chi connectivity index (χ0n) is 13.4. The Morgan fingerprint density at radius 3 is 2.80 bits per heavy atom. The molecule has 0 amide bonds. The second kappa shape index (κ2) is 11.6. The highest BCUT2D eigenvalue weighted by Gasteiger charge is 2.15. The van der Waals surface area contributed by atoms with Gasteiger partial charge in [0.1, 0.15) is 0 Å². The molecule has 1 rings (SSSR count). The van der Waals surface area contributed by atoms with E-state index in [2.05, 4.69) is 36.0 Å². The average Bonchev–Trinajstić information content (AvgIpc) is 2.36. The Kier molecular flexibility index (Phi) is 11.6. The first-order valence-electron chi connectivity index (χ1n) is 7.84. The molecule has 1 heterocycles. The minimum atomic E-state index is 0. The molecule has 5 heteroatoms. The molecule has 1 fully saturated rings. The van der Waals surface area contributed by atoms with Gasteiger partial charge in [0.25, 0.3) is 0 Å². The van der Waals surface area contributed by atoms with E-state index in [1.165, 1.54) is 45.3 Å². The summed E-state index contributed by atoms with van der Waals surface area (Å²) in [7, 11) is 0. The monoisotopic (exact) mass is 396 g/mol. The first-order valence-corrected chi connectivity index (χ1v) is 7.84. The van der Waals surface area contributed by atoms with Gasteiger partial charge in [-0.2, -0.15) is 0 Å². The van der Waals surface area contributed by atoms with Gasteiger partial charge >= 0.3 is 0 Å². The highest BCUT2D eigenvalue weighted by Crippen LogP contribution is 2.15. The van der Waals surface area contributed by atoms with Gasteiger partial charge in [-0.15, -0.1) is 24.0 Å². The van der Waals surface area contributed by atoms with Crippen molar-refractivity contribution in [3.05, 3.63) is 0 Å². The molecule has 0 radical (unpaired) electrons. The molecule has 0 aliphatic carbocycles. The maximum absolute atomic E-state index is 5.79. The van der Waals surface area contributed by atoms with E-state index < -0.39 is 0 Å². The van der Waals surface area contributed by atoms with Gasteiger partial charge in [-0.05, 0) is 50.6 Å². The van der Waals surface area contributed by atoms with E-state index in [1.807, 2.05) is 0 Å². The number of nitrogens with two attached hydrogens (primary N) is 1. The number of rotatable bonds is 7. The van der Waals surface area contributed by atoms with Crippen molar-refractivity contribution < 1.29 is 0 Å². The Morgan fingerprint density at radius 2 is 2.15 bits per heavy atom. The number of halogens is 1. The molecule has 1 aliphatic heterocycles. The molecule has 3 N–H and O–H groups in total. The van der Waals surface area contributed by atoms with Crippen molar-refractivity contribution in [2.75, 3.05) is 32.7 Å². The Morgan fingerprint density at radius 1 is 1.40 bits per heavy atom. The molecule has 1 saturated heterocycles. The van der Waals surface area contributed by atoms with Gasteiger partial charge in [0.15, 0.2) is 5.96 Å². The van der Waals surface area contributed by atoms with E-state index >= 15 is 0 Å². The number of aliphatic imine (C=N–C) groups is 1. The van der Waals surface area contributed by atoms with E-state index in [0.29, 0.717) is 11.9 Å². The second-order valence-electron chi connectivity index (χ2n) is 6.30. The first kappa shape index (κ1) is 20.0. The molecule has 1 unspecified atom stereocenters. The van der Waals surface area contributed by atoms with Crippen LogP contribution in [-0.2, 0) is 0 Å². The van der Waals surface area contributed by atoms with E-state index in [0.717, 1.165) is 19.0 Å². The van der Waals surface area contributed by atoms with Gasteiger partial charge in [0.2, 0.25) is 0 Å². The van der Waals surface area contributed by atoms with Crippen LogP contribution in [0.2, 0.25) is 0 Å². The molecule has 120 valence electrons. The van der Waals surface area contributed by atoms with Gasteiger partial charge in [-0.3, -0.25) is 4.99 Å². The van der Waals surface area contributed by atoms with Crippen LogP contribution in [0, 0.1) is 11.8 Å². The van der Waals surface area contributed by atoms with Crippen molar-refractivity contribution in [1.29, 1.82) is 0 Å². The fraction of sp³-hybridized carbons (Fsp3) is 0.933. The number of hydrogen-bond acceptors (Lipinski definition) is 2. The zero-order valence-corrected chi connectivity index (χ0v) is 15.7. The number of hydrogen-bond donors (Lipinski definition) is 2. The summed E-state index contributed by atoms with van der Waals surface area (Å²) in [6.07, 6.45) is 5.19. The van der Waals surface area contributed by atoms with Gasteiger partial charge in [0.05, 0.1) is 0 Å². The summed E-state index contributed by atoms with van der Waals surface area (Å²) in [5.74, 6) is 2.05. The molecule has 4 nitrogen and oxygen atoms in total. The van der Waals surface area contributed by atoms with E-state index in [9.17, 15) is 0 Å². The summed E-state index contributed by atoms with van der Waals surface area (Å²) < 4.78 is 0. The molecule has 1 aliphatic rings. The summed E-state index contributed by atoms with van der Waals surface area (Å²) in [6, 6.07) is 0. The Hall–Kier alpha value is -0.0400. The number of nitrogens with zero attached hydrogens (tertiary/aromatic N) is 2. The highest BCUT2D eigenvalue weighted by atomic mass is 127. The molecule has 20 heavy (non-hydrogen) atoms. The maximum atomic E-state index is 5.79. The molecular weight excluding hydrogens is 363 g/mol. The number of likely N-dealkylation sites (tertiary alicyclic amines) is 1. The van der Waals surface area contributed by atoms with Crippen LogP contribution in [-0.4, -0.2) is 43.6 Å². The number of unbranched alkanes of at least 4 members (excludes halogenated alkanes) is 1. The van der Waals surface area contributed by atoms with Crippen molar-refractivity contribution in [3.63, 3.8) is 0 Å². The largest absolute Gasteiger partial charge is 0.370 e. The topological polar surface area (TPSA) is 53.6 Å². The lowest BCUT2D eigenvalue weighted by molar-refractivity contribution is 0.181. The number of piperidine rings is 1. The molecule has 1 atom stereocenters. The highest BCUT2D eigenvalue weighted by molar-refractivity contribution is 14.0. The smallest absolute Gasteiger partial charge is 0.188 e. The van der Waals surface area contributed by atoms with Crippen LogP contribution in [0.15, 0.2) is 4.99 Å². The average molecular weight is 396 g/mol. The van der Waals surface area contributed by atoms with Crippen molar-refractivity contribution >= 4 is 29.9 Å². The lowest BCUT2D eigenvalue weighted by Crippen LogP contribution is -2.36. The Balaban J connectivity index is 0.00000361. The third-order valence-corrected chi connectivity index (χ3v) is 3.58. The lowest BCUT2D eigenvalue weighted by atomic mass is 10.0. The molecule has 0 saturated carbocycles. The Labute approximate surface area is 142 Å². The van der Waals surface area contributed by atoms with Gasteiger partial charge in [-0.25, -0.2) is 0 Å². The zero-order chi connectivity index (χ0) is 14.1. The van der Waals surface area contributed by atoms with Crippen LogP contribution in [0.4, 0.5) is 0 Å². The van der Waals surface area contributed by atoms with Crippen LogP contribution < -0.4 is 11.1 Å². The van der Waals surface area contributed by atoms with Crippen molar-refractivity contribution in [2.45, 2.75) is 46.5 Å². The summed E-state index contributed by atoms with van der Waals surface area (Å²) in [5.41, 5.74) is 5.79. The summed E-state index contributed by atoms with van der Waals surface area (Å²) in [4.78, 5) is 6.90. The van der Waals surface area contributed by atoms with Gasteiger partial charge in [0, 0.05) is 19.6 Å².